The first-order valence-electron chi connectivity index (χ1n) is 5.62. The van der Waals surface area contributed by atoms with Crippen LogP contribution in [0.15, 0.2) is 27.6 Å². The van der Waals surface area contributed by atoms with Crippen molar-refractivity contribution in [1.82, 2.24) is 15.5 Å². The van der Waals surface area contributed by atoms with E-state index in [1.807, 2.05) is 0 Å². The highest BCUT2D eigenvalue weighted by Gasteiger charge is 2.12. The number of rotatable bonds is 4. The molecule has 0 bridgehead atoms. The van der Waals surface area contributed by atoms with Crippen LogP contribution >= 0.6 is 12.6 Å². The number of nitrogens with zero attached hydrogens (tertiary/aromatic N) is 2. The van der Waals surface area contributed by atoms with Gasteiger partial charge in [-0.3, -0.25) is 4.79 Å². The van der Waals surface area contributed by atoms with Crippen LogP contribution < -0.4 is 5.32 Å². The van der Waals surface area contributed by atoms with Crippen molar-refractivity contribution in [3.8, 4) is 0 Å². The number of carbonyl (C=O) groups is 1. The van der Waals surface area contributed by atoms with E-state index in [0.717, 1.165) is 0 Å². The summed E-state index contributed by atoms with van der Waals surface area (Å²) in [5.74, 6) is -0.107. The third kappa shape index (κ3) is 3.54. The fraction of sp³-hybridized carbons (Fsp3) is 0.250. The van der Waals surface area contributed by atoms with Gasteiger partial charge in [0.05, 0.1) is 5.56 Å². The molecule has 0 saturated heterocycles. The van der Waals surface area contributed by atoms with Gasteiger partial charge in [0.1, 0.15) is 5.82 Å². The number of benzene rings is 1. The maximum Gasteiger partial charge on any atom is 0.254 e. The Bertz CT molecular complexity index is 600. The standard InChI is InChI=1S/C12H12FN3O2S/c1-7-15-11(18-16-7)4-5-14-12(17)9-6-8(19)2-3-10(9)13/h2-3,6,19H,4-5H2,1H3,(H,14,17). The highest BCUT2D eigenvalue weighted by molar-refractivity contribution is 7.80. The average molecular weight is 281 g/mol. The lowest BCUT2D eigenvalue weighted by Gasteiger charge is -2.05. The van der Waals surface area contributed by atoms with Crippen molar-refractivity contribution >= 4 is 18.5 Å². The van der Waals surface area contributed by atoms with E-state index in [0.29, 0.717) is 23.0 Å². The quantitative estimate of drug-likeness (QED) is 0.838. The number of thiol groups is 1. The molecule has 0 saturated carbocycles. The van der Waals surface area contributed by atoms with Crippen molar-refractivity contribution in [3.05, 3.63) is 41.3 Å². The highest BCUT2D eigenvalue weighted by atomic mass is 32.1. The minimum atomic E-state index is -0.580. The van der Waals surface area contributed by atoms with E-state index in [9.17, 15) is 9.18 Å². The third-order valence-corrected chi connectivity index (χ3v) is 2.67. The topological polar surface area (TPSA) is 68.0 Å². The first-order valence-corrected chi connectivity index (χ1v) is 6.07. The van der Waals surface area contributed by atoms with Crippen LogP contribution in [-0.4, -0.2) is 22.6 Å². The summed E-state index contributed by atoms with van der Waals surface area (Å²) in [4.78, 5) is 16.3. The molecule has 0 radical (unpaired) electrons. The highest BCUT2D eigenvalue weighted by Crippen LogP contribution is 2.13. The molecule has 1 amide bonds. The molecule has 100 valence electrons. The van der Waals surface area contributed by atoms with Crippen molar-refractivity contribution in [2.45, 2.75) is 18.2 Å². The Morgan fingerprint density at radius 2 is 2.32 bits per heavy atom. The molecule has 7 heteroatoms. The number of nitrogens with one attached hydrogen (secondary N) is 1. The summed E-state index contributed by atoms with van der Waals surface area (Å²) in [5, 5.41) is 6.21. The van der Waals surface area contributed by atoms with E-state index in [4.69, 9.17) is 4.52 Å². The SMILES string of the molecule is Cc1noc(CCNC(=O)c2cc(S)ccc2F)n1. The lowest BCUT2D eigenvalue weighted by atomic mass is 10.2. The number of aryl methyl sites for hydroxylation is 1. The molecule has 0 aliphatic heterocycles. The first-order chi connectivity index (χ1) is 9.06. The molecule has 1 heterocycles. The number of halogens is 1. The Morgan fingerprint density at radius 3 is 3.00 bits per heavy atom. The van der Waals surface area contributed by atoms with Gasteiger partial charge in [-0.2, -0.15) is 4.98 Å². The zero-order valence-electron chi connectivity index (χ0n) is 10.2. The van der Waals surface area contributed by atoms with Crippen molar-refractivity contribution < 1.29 is 13.7 Å². The van der Waals surface area contributed by atoms with E-state index in [2.05, 4.69) is 28.1 Å². The maximum absolute atomic E-state index is 13.4. The van der Waals surface area contributed by atoms with E-state index in [1.165, 1.54) is 18.2 Å². The molecule has 0 aliphatic carbocycles. The molecule has 1 N–H and O–H groups in total. The molecule has 5 nitrogen and oxygen atoms in total. The summed E-state index contributed by atoms with van der Waals surface area (Å²) < 4.78 is 18.3. The molecule has 1 aromatic carbocycles. The number of hydrogen-bond acceptors (Lipinski definition) is 5. The smallest absolute Gasteiger partial charge is 0.254 e. The van der Waals surface area contributed by atoms with Crippen LogP contribution in [0.3, 0.4) is 0 Å². The number of hydrogen-bond donors (Lipinski definition) is 2. The lowest BCUT2D eigenvalue weighted by Crippen LogP contribution is -2.26. The number of amides is 1. The zero-order chi connectivity index (χ0) is 13.8. The van der Waals surface area contributed by atoms with Gasteiger partial charge in [-0.1, -0.05) is 5.16 Å². The van der Waals surface area contributed by atoms with Gasteiger partial charge in [-0.15, -0.1) is 12.6 Å². The molecule has 0 atom stereocenters. The molecule has 0 unspecified atom stereocenters. The summed E-state index contributed by atoms with van der Waals surface area (Å²) in [6, 6.07) is 4.07. The van der Waals surface area contributed by atoms with Gasteiger partial charge in [-0.05, 0) is 25.1 Å². The van der Waals surface area contributed by atoms with Gasteiger partial charge in [0.2, 0.25) is 5.89 Å². The molecule has 0 spiro atoms. The molecule has 2 rings (SSSR count). The summed E-state index contributed by atoms with van der Waals surface area (Å²) in [7, 11) is 0. The molecule has 0 fully saturated rings. The summed E-state index contributed by atoms with van der Waals surface area (Å²) >= 11 is 4.07. The van der Waals surface area contributed by atoms with Crippen molar-refractivity contribution in [2.75, 3.05) is 6.54 Å². The van der Waals surface area contributed by atoms with Crippen LogP contribution in [0, 0.1) is 12.7 Å². The Kier molecular flexibility index (Phi) is 4.16. The largest absolute Gasteiger partial charge is 0.351 e. The van der Waals surface area contributed by atoms with Crippen LogP contribution in [0.1, 0.15) is 22.1 Å². The van der Waals surface area contributed by atoms with Gasteiger partial charge >= 0.3 is 0 Å². The van der Waals surface area contributed by atoms with Crippen molar-refractivity contribution in [1.29, 1.82) is 0 Å². The minimum Gasteiger partial charge on any atom is -0.351 e. The average Bonchev–Trinajstić information content (AvgIpc) is 2.78. The van der Waals surface area contributed by atoms with E-state index >= 15 is 0 Å². The summed E-state index contributed by atoms with van der Waals surface area (Å²) in [6.07, 6.45) is 0.398. The fourth-order valence-electron chi connectivity index (χ4n) is 1.51. The van der Waals surface area contributed by atoms with Crippen molar-refractivity contribution in [2.24, 2.45) is 0 Å². The second-order valence-corrected chi connectivity index (χ2v) is 4.42. The maximum atomic E-state index is 13.4. The van der Waals surface area contributed by atoms with Gasteiger partial charge in [-0.25, -0.2) is 4.39 Å². The minimum absolute atomic E-state index is 0.0331. The summed E-state index contributed by atoms with van der Waals surface area (Å²) in [6.45, 7) is 2.00. The van der Waals surface area contributed by atoms with E-state index in [1.54, 1.807) is 6.92 Å². The van der Waals surface area contributed by atoms with Gasteiger partial charge in [0.15, 0.2) is 5.82 Å². The first kappa shape index (κ1) is 13.5. The third-order valence-electron chi connectivity index (χ3n) is 2.39. The number of carbonyl (C=O) groups excluding carboxylic acids is 1. The van der Waals surface area contributed by atoms with Crippen LogP contribution in [0.25, 0.3) is 0 Å². The Labute approximate surface area is 114 Å². The van der Waals surface area contributed by atoms with Gasteiger partial charge < -0.3 is 9.84 Å². The molecular formula is C12H12FN3O2S. The van der Waals surface area contributed by atoms with Gasteiger partial charge in [0, 0.05) is 17.9 Å². The van der Waals surface area contributed by atoms with Crippen LogP contribution in [0.4, 0.5) is 4.39 Å². The predicted molar refractivity (Wildman–Crippen MR) is 68.7 cm³/mol. The molecule has 1 aromatic heterocycles. The Hall–Kier alpha value is -1.89. The summed E-state index contributed by atoms with van der Waals surface area (Å²) in [5.41, 5.74) is -0.0331. The Morgan fingerprint density at radius 1 is 1.53 bits per heavy atom. The van der Waals surface area contributed by atoms with Crippen LogP contribution in [0.2, 0.25) is 0 Å². The van der Waals surface area contributed by atoms with E-state index < -0.39 is 11.7 Å². The lowest BCUT2D eigenvalue weighted by molar-refractivity contribution is 0.0949. The van der Waals surface area contributed by atoms with Crippen LogP contribution in [0.5, 0.6) is 0 Å². The monoisotopic (exact) mass is 281 g/mol. The second kappa shape index (κ2) is 5.83. The zero-order valence-corrected chi connectivity index (χ0v) is 11.1. The molecule has 19 heavy (non-hydrogen) atoms. The normalized spacial score (nSPS) is 10.5. The number of aromatic nitrogens is 2. The van der Waals surface area contributed by atoms with Crippen molar-refractivity contribution in [3.63, 3.8) is 0 Å². The molecule has 2 aromatic rings. The molecular weight excluding hydrogens is 269 g/mol. The van der Waals surface area contributed by atoms with Crippen LogP contribution in [-0.2, 0) is 6.42 Å². The van der Waals surface area contributed by atoms with E-state index in [-0.39, 0.29) is 12.1 Å². The van der Waals surface area contributed by atoms with Gasteiger partial charge in [0.25, 0.3) is 5.91 Å². The Balaban J connectivity index is 1.92. The predicted octanol–water partition coefficient (Wildman–Crippen LogP) is 1.78. The molecule has 0 aliphatic rings. The fourth-order valence-corrected chi connectivity index (χ4v) is 1.71. The second-order valence-electron chi connectivity index (χ2n) is 3.91.